The van der Waals surface area contributed by atoms with Crippen molar-refractivity contribution in [1.82, 2.24) is 20.5 Å². The highest BCUT2D eigenvalue weighted by Gasteiger charge is 2.13. The smallest absolute Gasteiger partial charge is 0.285 e. The summed E-state index contributed by atoms with van der Waals surface area (Å²) < 4.78 is 28.6. The van der Waals surface area contributed by atoms with Crippen molar-refractivity contribution in [2.75, 3.05) is 33.4 Å². The number of nitrogens with one attached hydrogen (secondary N) is 2. The predicted molar refractivity (Wildman–Crippen MR) is 119 cm³/mol. The molecule has 0 amide bonds. The van der Waals surface area contributed by atoms with Crippen LogP contribution in [0.4, 0.5) is 0 Å². The van der Waals surface area contributed by atoms with Gasteiger partial charge < -0.3 is 15.5 Å². The van der Waals surface area contributed by atoms with Crippen molar-refractivity contribution < 1.29 is 8.42 Å². The number of benzene rings is 1. The molecule has 2 rings (SSSR count). The number of rotatable bonds is 9. The molecule has 0 aliphatic heterocycles. The summed E-state index contributed by atoms with van der Waals surface area (Å²) in [5.74, 6) is 1.88. The summed E-state index contributed by atoms with van der Waals surface area (Å²) in [5.41, 5.74) is 2.08. The number of thioether (sulfide) groups is 1. The molecular weight excluding hydrogens is 414 g/mol. The number of hydrogen-bond donors (Lipinski definition) is 2. The molecule has 1 aromatic heterocycles. The van der Waals surface area contributed by atoms with Gasteiger partial charge in [-0.15, -0.1) is 15.7 Å². The zero-order valence-corrected chi connectivity index (χ0v) is 19.0. The van der Waals surface area contributed by atoms with Crippen LogP contribution in [0.2, 0.25) is 0 Å². The molecule has 0 aliphatic carbocycles. The molecule has 7 nitrogen and oxygen atoms in total. The molecule has 1 aromatic carbocycles. The molecule has 0 spiro atoms. The zero-order valence-electron chi connectivity index (χ0n) is 16.6. The molecule has 2 aromatic rings. The Morgan fingerprint density at radius 2 is 2.00 bits per heavy atom. The lowest BCUT2D eigenvalue weighted by atomic mass is 10.2. The van der Waals surface area contributed by atoms with Crippen molar-refractivity contribution in [2.24, 2.45) is 4.40 Å². The lowest BCUT2D eigenvalue weighted by molar-refractivity contribution is 0.401. The number of aryl methyl sites for hydroxylation is 1. The molecule has 0 bridgehead atoms. The highest BCUT2D eigenvalue weighted by molar-refractivity contribution is 7.98. The summed E-state index contributed by atoms with van der Waals surface area (Å²) in [6.45, 7) is 3.36. The van der Waals surface area contributed by atoms with Crippen LogP contribution >= 0.6 is 23.1 Å². The molecule has 0 aliphatic rings. The van der Waals surface area contributed by atoms with Gasteiger partial charge in [-0.3, -0.25) is 0 Å². The molecular formula is C18H27N5O2S3. The molecule has 0 radical (unpaired) electrons. The molecule has 0 atom stereocenters. The van der Waals surface area contributed by atoms with Crippen molar-refractivity contribution >= 4 is 39.1 Å². The molecule has 2 N–H and O–H groups in total. The van der Waals surface area contributed by atoms with Gasteiger partial charge in [0.15, 0.2) is 0 Å². The summed E-state index contributed by atoms with van der Waals surface area (Å²) in [7, 11) is 1.96. The number of guanidine groups is 1. The SMILES string of the molecule is CNC(=NS(=O)(=O)c1ccc(C)cc1)NCCSCc1csc(CN(C)C)n1. The minimum atomic E-state index is -3.74. The van der Waals surface area contributed by atoms with E-state index in [2.05, 4.69) is 30.3 Å². The van der Waals surface area contributed by atoms with Gasteiger partial charge in [-0.2, -0.15) is 20.2 Å². The minimum Gasteiger partial charge on any atom is -0.359 e. The van der Waals surface area contributed by atoms with E-state index in [1.165, 1.54) is 0 Å². The first kappa shape index (κ1) is 22.7. The Hall–Kier alpha value is -1.62. The number of sulfonamides is 1. The zero-order chi connectivity index (χ0) is 20.6. The quantitative estimate of drug-likeness (QED) is 0.351. The van der Waals surface area contributed by atoms with Crippen LogP contribution < -0.4 is 10.6 Å². The second kappa shape index (κ2) is 10.8. The van der Waals surface area contributed by atoms with E-state index in [1.54, 1.807) is 54.4 Å². The fraction of sp³-hybridized carbons (Fsp3) is 0.444. The number of hydrogen-bond acceptors (Lipinski definition) is 6. The topological polar surface area (TPSA) is 86.7 Å². The molecule has 1 heterocycles. The van der Waals surface area contributed by atoms with Crippen LogP contribution in [0.25, 0.3) is 0 Å². The summed E-state index contributed by atoms with van der Waals surface area (Å²) in [6.07, 6.45) is 0. The largest absolute Gasteiger partial charge is 0.359 e. The Balaban J connectivity index is 1.81. The van der Waals surface area contributed by atoms with Crippen molar-refractivity contribution in [3.05, 3.63) is 45.9 Å². The van der Waals surface area contributed by atoms with Gasteiger partial charge in [0.1, 0.15) is 5.01 Å². The van der Waals surface area contributed by atoms with Crippen LogP contribution in [0.15, 0.2) is 38.9 Å². The summed E-state index contributed by atoms with van der Waals surface area (Å²) >= 11 is 3.42. The first-order valence-corrected chi connectivity index (χ1v) is 12.3. The standard InChI is InChI=1S/C18H27N5O2S3/c1-14-5-7-16(8-6-14)28(24,25)22-18(19-2)20-9-10-26-12-15-13-27-17(21-15)11-23(3)4/h5-8,13H,9-12H2,1-4H3,(H2,19,20,22). The van der Waals surface area contributed by atoms with E-state index < -0.39 is 10.0 Å². The first-order valence-electron chi connectivity index (χ1n) is 8.79. The maximum atomic E-state index is 12.4. The highest BCUT2D eigenvalue weighted by atomic mass is 32.2. The van der Waals surface area contributed by atoms with Gasteiger partial charge >= 0.3 is 0 Å². The maximum Gasteiger partial charge on any atom is 0.285 e. The number of thiazole rings is 1. The lowest BCUT2D eigenvalue weighted by Gasteiger charge is -2.09. The molecule has 28 heavy (non-hydrogen) atoms. The van der Waals surface area contributed by atoms with Crippen molar-refractivity contribution in [3.63, 3.8) is 0 Å². The second-order valence-electron chi connectivity index (χ2n) is 6.43. The van der Waals surface area contributed by atoms with Crippen LogP contribution in [0.5, 0.6) is 0 Å². The van der Waals surface area contributed by atoms with Gasteiger partial charge in [0.2, 0.25) is 5.96 Å². The van der Waals surface area contributed by atoms with Gasteiger partial charge in [0.05, 0.1) is 10.6 Å². The summed E-state index contributed by atoms with van der Waals surface area (Å²) in [4.78, 5) is 6.89. The third kappa shape index (κ3) is 7.42. The fourth-order valence-corrected chi connectivity index (χ4v) is 4.97. The van der Waals surface area contributed by atoms with Gasteiger partial charge in [0, 0.05) is 37.0 Å². The Labute approximate surface area is 175 Å². The van der Waals surface area contributed by atoms with E-state index in [4.69, 9.17) is 0 Å². The predicted octanol–water partition coefficient (Wildman–Crippen LogP) is 2.30. The Morgan fingerprint density at radius 1 is 1.29 bits per heavy atom. The minimum absolute atomic E-state index is 0.180. The normalized spacial score (nSPS) is 12.4. The van der Waals surface area contributed by atoms with Crippen LogP contribution in [0, 0.1) is 6.92 Å². The van der Waals surface area contributed by atoms with Gasteiger partial charge in [-0.1, -0.05) is 17.7 Å². The average Bonchev–Trinajstić information content (AvgIpc) is 3.07. The van der Waals surface area contributed by atoms with E-state index in [-0.39, 0.29) is 10.9 Å². The van der Waals surface area contributed by atoms with Crippen LogP contribution in [0.1, 0.15) is 16.3 Å². The van der Waals surface area contributed by atoms with E-state index in [1.807, 2.05) is 21.0 Å². The Morgan fingerprint density at radius 3 is 2.64 bits per heavy atom. The van der Waals surface area contributed by atoms with Crippen molar-refractivity contribution in [3.8, 4) is 0 Å². The molecule has 0 fully saturated rings. The molecule has 0 saturated heterocycles. The number of nitrogens with zero attached hydrogens (tertiary/aromatic N) is 3. The summed E-state index contributed by atoms with van der Waals surface area (Å²) in [5, 5.41) is 9.05. The maximum absolute atomic E-state index is 12.4. The monoisotopic (exact) mass is 441 g/mol. The average molecular weight is 442 g/mol. The second-order valence-corrected chi connectivity index (χ2v) is 10.1. The summed E-state index contributed by atoms with van der Waals surface area (Å²) in [6, 6.07) is 6.65. The Kier molecular flexibility index (Phi) is 8.74. The molecule has 10 heteroatoms. The van der Waals surface area contributed by atoms with E-state index >= 15 is 0 Å². The van der Waals surface area contributed by atoms with E-state index in [0.29, 0.717) is 6.54 Å². The van der Waals surface area contributed by atoms with Crippen LogP contribution in [0.3, 0.4) is 0 Å². The van der Waals surface area contributed by atoms with E-state index in [9.17, 15) is 8.42 Å². The number of aromatic nitrogens is 1. The van der Waals surface area contributed by atoms with E-state index in [0.717, 1.165) is 34.3 Å². The van der Waals surface area contributed by atoms with Crippen molar-refractivity contribution in [1.29, 1.82) is 0 Å². The van der Waals surface area contributed by atoms with Gasteiger partial charge in [-0.25, -0.2) is 4.98 Å². The molecule has 0 saturated carbocycles. The molecule has 154 valence electrons. The van der Waals surface area contributed by atoms with Crippen LogP contribution in [-0.2, 0) is 22.3 Å². The third-order valence-corrected chi connectivity index (χ3v) is 6.77. The van der Waals surface area contributed by atoms with Gasteiger partial charge in [0.25, 0.3) is 10.0 Å². The Bertz CT molecular complexity index is 877. The molecule has 0 unspecified atom stereocenters. The highest BCUT2D eigenvalue weighted by Crippen LogP contribution is 2.16. The van der Waals surface area contributed by atoms with Crippen molar-refractivity contribution in [2.45, 2.75) is 24.1 Å². The third-order valence-electron chi connectivity index (χ3n) is 3.61. The lowest BCUT2D eigenvalue weighted by Crippen LogP contribution is -2.36. The first-order chi connectivity index (χ1) is 13.3. The van der Waals surface area contributed by atoms with Gasteiger partial charge in [-0.05, 0) is 33.2 Å². The van der Waals surface area contributed by atoms with Crippen LogP contribution in [-0.4, -0.2) is 57.7 Å². The fourth-order valence-electron chi connectivity index (χ4n) is 2.23.